The zero-order valence-electron chi connectivity index (χ0n) is 19.0. The quantitative estimate of drug-likeness (QED) is 0.153. The van der Waals surface area contributed by atoms with Crippen molar-refractivity contribution in [3.63, 3.8) is 0 Å². The largest absolute Gasteiger partial charge is 0.274 e. The van der Waals surface area contributed by atoms with Gasteiger partial charge in [0.25, 0.3) is 11.8 Å². The van der Waals surface area contributed by atoms with Crippen LogP contribution in [0.4, 0.5) is 0 Å². The Hall–Kier alpha value is -2.20. The fourth-order valence-corrected chi connectivity index (χ4v) is 5.59. The van der Waals surface area contributed by atoms with Crippen LogP contribution in [0.3, 0.4) is 0 Å². The number of hydrogen-bond acceptors (Lipinski definition) is 2. The molecule has 1 heterocycles. The summed E-state index contributed by atoms with van der Waals surface area (Å²) in [6.07, 6.45) is 12.3. The monoisotopic (exact) mass is 493 g/mol. The Morgan fingerprint density at radius 3 is 1.97 bits per heavy atom. The molecule has 3 nitrogen and oxygen atoms in total. The van der Waals surface area contributed by atoms with Crippen molar-refractivity contribution in [1.29, 1.82) is 0 Å². The van der Waals surface area contributed by atoms with E-state index in [4.69, 9.17) is 0 Å². The Morgan fingerprint density at radius 1 is 0.688 bits per heavy atom. The third-order valence-electron chi connectivity index (χ3n) is 6.65. The summed E-state index contributed by atoms with van der Waals surface area (Å²) in [5.74, 6) is -0.315. The SMILES string of the molecule is CCCCCCCCCCCCN1C(=O)c2cccc3c(Br)c4ccccc4c(c23)C1=O. The van der Waals surface area contributed by atoms with E-state index in [1.165, 1.54) is 56.3 Å². The van der Waals surface area contributed by atoms with Gasteiger partial charge in [0.05, 0.1) is 5.56 Å². The molecule has 0 radical (unpaired) electrons. The van der Waals surface area contributed by atoms with E-state index in [1.54, 1.807) is 0 Å². The maximum absolute atomic E-state index is 13.5. The average molecular weight is 494 g/mol. The number of fused-ring (bicyclic) bond motifs is 2. The molecule has 1 aliphatic rings. The van der Waals surface area contributed by atoms with Crippen LogP contribution in [0.5, 0.6) is 0 Å². The second-order valence-corrected chi connectivity index (χ2v) is 9.70. The lowest BCUT2D eigenvalue weighted by Crippen LogP contribution is -2.41. The molecule has 2 amide bonds. The molecule has 0 saturated carbocycles. The van der Waals surface area contributed by atoms with E-state index < -0.39 is 0 Å². The number of hydrogen-bond donors (Lipinski definition) is 0. The summed E-state index contributed by atoms with van der Waals surface area (Å²) in [5, 5.41) is 3.63. The number of imide groups is 1. The van der Waals surface area contributed by atoms with Gasteiger partial charge in [-0.2, -0.15) is 0 Å². The highest BCUT2D eigenvalue weighted by Gasteiger charge is 2.34. The Bertz CT molecular complexity index is 1140. The van der Waals surface area contributed by atoms with Gasteiger partial charge < -0.3 is 0 Å². The van der Waals surface area contributed by atoms with Gasteiger partial charge in [-0.15, -0.1) is 0 Å². The van der Waals surface area contributed by atoms with Gasteiger partial charge in [-0.1, -0.05) is 101 Å². The van der Waals surface area contributed by atoms with Gasteiger partial charge in [0, 0.05) is 22.0 Å². The minimum absolute atomic E-state index is 0.154. The number of nitrogens with zero attached hydrogens (tertiary/aromatic N) is 1. The molecule has 0 aliphatic carbocycles. The zero-order chi connectivity index (χ0) is 22.5. The summed E-state index contributed by atoms with van der Waals surface area (Å²) in [6, 6.07) is 13.7. The van der Waals surface area contributed by atoms with Crippen LogP contribution in [0, 0.1) is 0 Å². The molecule has 0 spiro atoms. The summed E-state index contributed by atoms with van der Waals surface area (Å²) in [6.45, 7) is 2.74. The van der Waals surface area contributed by atoms with Crippen molar-refractivity contribution < 1.29 is 9.59 Å². The second-order valence-electron chi connectivity index (χ2n) is 8.91. The predicted octanol–water partition coefficient (Wildman–Crippen LogP) is 8.27. The Kier molecular flexibility index (Phi) is 7.62. The van der Waals surface area contributed by atoms with Gasteiger partial charge >= 0.3 is 0 Å². The van der Waals surface area contributed by atoms with Crippen LogP contribution in [-0.2, 0) is 0 Å². The van der Waals surface area contributed by atoms with Crippen LogP contribution in [0.25, 0.3) is 21.5 Å². The highest BCUT2D eigenvalue weighted by Crippen LogP contribution is 2.41. The molecule has 0 fully saturated rings. The molecule has 0 atom stereocenters. The number of carbonyl (C=O) groups excluding carboxylic acids is 2. The number of rotatable bonds is 11. The van der Waals surface area contributed by atoms with E-state index in [0.29, 0.717) is 17.7 Å². The maximum Gasteiger partial charge on any atom is 0.262 e. The van der Waals surface area contributed by atoms with Crippen LogP contribution >= 0.6 is 15.9 Å². The molecule has 32 heavy (non-hydrogen) atoms. The van der Waals surface area contributed by atoms with Gasteiger partial charge in [0.1, 0.15) is 0 Å². The Morgan fingerprint density at radius 2 is 1.28 bits per heavy atom. The lowest BCUT2D eigenvalue weighted by atomic mass is 9.89. The summed E-state index contributed by atoms with van der Waals surface area (Å²) in [5.41, 5.74) is 1.30. The minimum atomic E-state index is -0.161. The van der Waals surface area contributed by atoms with Crippen molar-refractivity contribution in [1.82, 2.24) is 4.90 Å². The zero-order valence-corrected chi connectivity index (χ0v) is 20.5. The molecule has 0 N–H and O–H groups in total. The van der Waals surface area contributed by atoms with Crippen LogP contribution < -0.4 is 0 Å². The lowest BCUT2D eigenvalue weighted by molar-refractivity contribution is 0.0609. The first kappa shape index (κ1) is 23.0. The average Bonchev–Trinajstić information content (AvgIpc) is 2.81. The normalized spacial score (nSPS) is 13.5. The van der Waals surface area contributed by atoms with Gasteiger partial charge in [0.2, 0.25) is 0 Å². The fraction of sp³-hybridized carbons (Fsp3) is 0.429. The standard InChI is InChI=1S/C28H32BrNO2/c1-2-3-4-5-6-7-8-9-10-13-19-30-27(31)23-18-14-17-22-24(23)25(28(30)32)20-15-11-12-16-21(20)26(22)29/h11-12,14-18H,2-10,13,19H2,1H3. The van der Waals surface area contributed by atoms with E-state index in [0.717, 1.165) is 38.9 Å². The molecule has 4 heteroatoms. The number of halogens is 1. The molecule has 168 valence electrons. The summed E-state index contributed by atoms with van der Waals surface area (Å²) < 4.78 is 0.942. The number of amides is 2. The molecular formula is C28H32BrNO2. The third kappa shape index (κ3) is 4.47. The third-order valence-corrected chi connectivity index (χ3v) is 7.51. The first-order valence-electron chi connectivity index (χ1n) is 12.1. The minimum Gasteiger partial charge on any atom is -0.274 e. The summed E-state index contributed by atoms with van der Waals surface area (Å²) in [4.78, 5) is 28.2. The highest BCUT2D eigenvalue weighted by atomic mass is 79.9. The van der Waals surface area contributed by atoms with Crippen molar-refractivity contribution in [3.8, 4) is 0 Å². The van der Waals surface area contributed by atoms with Crippen molar-refractivity contribution in [3.05, 3.63) is 58.1 Å². The van der Waals surface area contributed by atoms with Crippen molar-refractivity contribution in [2.24, 2.45) is 0 Å². The van der Waals surface area contributed by atoms with Crippen LogP contribution in [0.15, 0.2) is 46.9 Å². The molecule has 1 aliphatic heterocycles. The van der Waals surface area contributed by atoms with Gasteiger partial charge in [-0.3, -0.25) is 14.5 Å². The molecule has 0 unspecified atom stereocenters. The van der Waals surface area contributed by atoms with Crippen molar-refractivity contribution >= 4 is 49.3 Å². The molecule has 3 aromatic carbocycles. The molecular weight excluding hydrogens is 462 g/mol. The topological polar surface area (TPSA) is 37.4 Å². The molecule has 4 rings (SSSR count). The van der Waals surface area contributed by atoms with E-state index in [-0.39, 0.29) is 11.8 Å². The van der Waals surface area contributed by atoms with E-state index in [9.17, 15) is 9.59 Å². The molecule has 0 aromatic heterocycles. The van der Waals surface area contributed by atoms with Gasteiger partial charge in [-0.05, 0) is 44.6 Å². The predicted molar refractivity (Wildman–Crippen MR) is 136 cm³/mol. The first-order chi connectivity index (χ1) is 15.6. The van der Waals surface area contributed by atoms with Crippen LogP contribution in [-0.4, -0.2) is 23.3 Å². The van der Waals surface area contributed by atoms with Crippen molar-refractivity contribution in [2.45, 2.75) is 71.1 Å². The maximum atomic E-state index is 13.5. The molecule has 0 bridgehead atoms. The summed E-state index contributed by atoms with van der Waals surface area (Å²) in [7, 11) is 0. The molecule has 3 aromatic rings. The van der Waals surface area contributed by atoms with Gasteiger partial charge in [-0.25, -0.2) is 0 Å². The smallest absolute Gasteiger partial charge is 0.262 e. The Balaban J connectivity index is 1.45. The van der Waals surface area contributed by atoms with E-state index >= 15 is 0 Å². The van der Waals surface area contributed by atoms with Crippen LogP contribution in [0.1, 0.15) is 91.8 Å². The summed E-state index contributed by atoms with van der Waals surface area (Å²) >= 11 is 3.71. The second kappa shape index (κ2) is 10.6. The lowest BCUT2D eigenvalue weighted by Gasteiger charge is -2.28. The van der Waals surface area contributed by atoms with Crippen molar-refractivity contribution in [2.75, 3.05) is 6.54 Å². The molecule has 0 saturated heterocycles. The number of benzene rings is 3. The highest BCUT2D eigenvalue weighted by molar-refractivity contribution is 9.10. The number of carbonyl (C=O) groups is 2. The Labute approximate surface area is 199 Å². The fourth-order valence-electron chi connectivity index (χ4n) is 4.91. The van der Waals surface area contributed by atoms with Gasteiger partial charge in [0.15, 0.2) is 0 Å². The number of unbranched alkanes of at least 4 members (excludes halogenated alkanes) is 9. The van der Waals surface area contributed by atoms with Crippen LogP contribution in [0.2, 0.25) is 0 Å². The van der Waals surface area contributed by atoms with E-state index in [2.05, 4.69) is 22.9 Å². The first-order valence-corrected chi connectivity index (χ1v) is 12.9. The van der Waals surface area contributed by atoms with E-state index in [1.807, 2.05) is 42.5 Å².